The Balaban J connectivity index is 0. The zero-order valence-electron chi connectivity index (χ0n) is 12.3. The molecule has 0 atom stereocenters. The van der Waals surface area contributed by atoms with E-state index in [-0.39, 0.29) is 70.2 Å². The number of rotatable bonds is 2. The first kappa shape index (κ1) is 22.7. The van der Waals surface area contributed by atoms with Gasteiger partial charge in [-0.15, -0.1) is 0 Å². The van der Waals surface area contributed by atoms with Gasteiger partial charge in [-0.25, -0.2) is 0 Å². The summed E-state index contributed by atoms with van der Waals surface area (Å²) in [5, 5.41) is 20.6. The van der Waals surface area contributed by atoms with Crippen molar-refractivity contribution in [3.05, 3.63) is 71.3 Å². The minimum absolute atomic E-state index is 0. The Morgan fingerprint density at radius 2 is 1.05 bits per heavy atom. The van der Waals surface area contributed by atoms with Crippen molar-refractivity contribution in [2.75, 3.05) is 0 Å². The van der Waals surface area contributed by atoms with Crippen LogP contribution in [0, 0.1) is 6.92 Å². The largest absolute Gasteiger partial charge is 1.00 e. The summed E-state index contributed by atoms with van der Waals surface area (Å²) >= 11 is 0. The van der Waals surface area contributed by atoms with Crippen LogP contribution in [-0.4, -0.2) is 11.9 Å². The molecular formula is C15H12Na2O4. The molecule has 0 radical (unpaired) electrons. The van der Waals surface area contributed by atoms with Gasteiger partial charge < -0.3 is 19.8 Å². The molecule has 0 N–H and O–H groups in total. The Bertz CT molecular complexity index is 538. The third-order valence-electron chi connectivity index (χ3n) is 2.31. The maximum atomic E-state index is 10.3. The van der Waals surface area contributed by atoms with Gasteiger partial charge in [0.2, 0.25) is 0 Å². The molecule has 0 saturated heterocycles. The van der Waals surface area contributed by atoms with Crippen LogP contribution in [0.2, 0.25) is 0 Å². The van der Waals surface area contributed by atoms with Crippen molar-refractivity contribution in [3.8, 4) is 0 Å². The van der Waals surface area contributed by atoms with Crippen molar-refractivity contribution in [3.63, 3.8) is 0 Å². The van der Waals surface area contributed by atoms with E-state index >= 15 is 0 Å². The Hall–Kier alpha value is -0.620. The van der Waals surface area contributed by atoms with Gasteiger partial charge in [0.25, 0.3) is 0 Å². The standard InChI is InChI=1S/C8H6O4.C7H8.2Na/c9-7(10)5-3-1-2-4-6(5)8(11)12;1-7-5-3-2-4-6-7;;/h1-4H,(H,9,10)(H,11,12);2-6H,1H3;;/q;;2*+1/p-2. The molecule has 0 fully saturated rings. The van der Waals surface area contributed by atoms with Gasteiger partial charge in [-0.2, -0.15) is 0 Å². The van der Waals surface area contributed by atoms with Crippen LogP contribution in [0.5, 0.6) is 0 Å². The van der Waals surface area contributed by atoms with Crippen molar-refractivity contribution in [2.24, 2.45) is 0 Å². The molecule has 0 amide bonds. The van der Waals surface area contributed by atoms with Gasteiger partial charge >= 0.3 is 59.1 Å². The number of carbonyl (C=O) groups is 2. The molecule has 0 aliphatic rings. The number of benzene rings is 2. The second kappa shape index (κ2) is 12.0. The van der Waals surface area contributed by atoms with E-state index in [2.05, 4.69) is 19.1 Å². The summed E-state index contributed by atoms with van der Waals surface area (Å²) in [5.41, 5.74) is 0.595. The van der Waals surface area contributed by atoms with Crippen LogP contribution in [-0.2, 0) is 0 Å². The summed E-state index contributed by atoms with van der Waals surface area (Å²) in [4.78, 5) is 20.6. The second-order valence-electron chi connectivity index (χ2n) is 3.78. The molecule has 0 aliphatic carbocycles. The maximum Gasteiger partial charge on any atom is 1.00 e. The van der Waals surface area contributed by atoms with Gasteiger partial charge in [-0.1, -0.05) is 60.2 Å². The van der Waals surface area contributed by atoms with Crippen LogP contribution in [0.25, 0.3) is 0 Å². The molecule has 0 saturated carbocycles. The molecule has 0 spiro atoms. The number of hydrogen-bond acceptors (Lipinski definition) is 4. The second-order valence-corrected chi connectivity index (χ2v) is 3.78. The summed E-state index contributed by atoms with van der Waals surface area (Å²) in [6, 6.07) is 15.4. The molecule has 0 bridgehead atoms. The van der Waals surface area contributed by atoms with Gasteiger partial charge in [-0.05, 0) is 6.92 Å². The molecule has 2 aromatic rings. The summed E-state index contributed by atoms with van der Waals surface area (Å²) in [5.74, 6) is -3.04. The van der Waals surface area contributed by atoms with Crippen molar-refractivity contribution < 1.29 is 78.9 Å². The van der Waals surface area contributed by atoms with Crippen LogP contribution in [0.4, 0.5) is 0 Å². The van der Waals surface area contributed by atoms with Crippen molar-refractivity contribution >= 4 is 11.9 Å². The average Bonchev–Trinajstić information content (AvgIpc) is 2.40. The molecule has 0 aromatic heterocycles. The number of carbonyl (C=O) groups excluding carboxylic acids is 2. The first-order valence-electron chi connectivity index (χ1n) is 5.55. The smallest absolute Gasteiger partial charge is 0.545 e. The van der Waals surface area contributed by atoms with E-state index in [0.717, 1.165) is 12.1 Å². The first-order valence-corrected chi connectivity index (χ1v) is 5.55. The molecule has 4 nitrogen and oxygen atoms in total. The predicted octanol–water partition coefficient (Wildman–Crippen LogP) is -5.58. The minimum atomic E-state index is -1.52. The van der Waals surface area contributed by atoms with Crippen LogP contribution < -0.4 is 69.3 Å². The van der Waals surface area contributed by atoms with E-state index in [1.165, 1.54) is 17.7 Å². The monoisotopic (exact) mass is 302 g/mol. The molecule has 2 rings (SSSR count). The Morgan fingerprint density at radius 3 is 1.29 bits per heavy atom. The number of aromatic carboxylic acids is 2. The Morgan fingerprint density at radius 1 is 0.714 bits per heavy atom. The summed E-state index contributed by atoms with van der Waals surface area (Å²) in [7, 11) is 0. The van der Waals surface area contributed by atoms with Gasteiger partial charge in [0.05, 0.1) is 11.9 Å². The molecule has 0 unspecified atom stereocenters. The van der Waals surface area contributed by atoms with Crippen molar-refractivity contribution in [2.45, 2.75) is 6.92 Å². The van der Waals surface area contributed by atoms with E-state index in [9.17, 15) is 19.8 Å². The fourth-order valence-electron chi connectivity index (χ4n) is 1.37. The Labute approximate surface area is 167 Å². The molecule has 21 heavy (non-hydrogen) atoms. The topological polar surface area (TPSA) is 80.3 Å². The van der Waals surface area contributed by atoms with Crippen LogP contribution in [0.3, 0.4) is 0 Å². The van der Waals surface area contributed by atoms with Crippen LogP contribution in [0.1, 0.15) is 26.3 Å². The number of carboxylic acid groups (broad SMARTS) is 2. The molecule has 98 valence electrons. The zero-order valence-corrected chi connectivity index (χ0v) is 16.3. The van der Waals surface area contributed by atoms with E-state index in [1.54, 1.807) is 0 Å². The minimum Gasteiger partial charge on any atom is -0.545 e. The maximum absolute atomic E-state index is 10.3. The van der Waals surface area contributed by atoms with Crippen LogP contribution >= 0.6 is 0 Å². The predicted molar refractivity (Wildman–Crippen MR) is 66.3 cm³/mol. The molecule has 0 aliphatic heterocycles. The van der Waals surface area contributed by atoms with Crippen LogP contribution in [0.15, 0.2) is 54.6 Å². The van der Waals surface area contributed by atoms with E-state index in [0.29, 0.717) is 0 Å². The van der Waals surface area contributed by atoms with E-state index in [4.69, 9.17) is 0 Å². The average molecular weight is 302 g/mol. The fourth-order valence-corrected chi connectivity index (χ4v) is 1.37. The SMILES string of the molecule is Cc1ccccc1.O=C([O-])c1ccccc1C(=O)[O-].[Na+].[Na+]. The Kier molecular flexibility index (Phi) is 12.9. The van der Waals surface area contributed by atoms with Crippen molar-refractivity contribution in [1.82, 2.24) is 0 Å². The first-order chi connectivity index (χ1) is 9.02. The number of aryl methyl sites for hydroxylation is 1. The van der Waals surface area contributed by atoms with Crippen molar-refractivity contribution in [1.29, 1.82) is 0 Å². The molecular weight excluding hydrogens is 290 g/mol. The van der Waals surface area contributed by atoms with Gasteiger partial charge in [0.15, 0.2) is 0 Å². The van der Waals surface area contributed by atoms with Gasteiger partial charge in [0.1, 0.15) is 0 Å². The molecule has 6 heteroatoms. The molecule has 0 heterocycles. The zero-order chi connectivity index (χ0) is 14.3. The fraction of sp³-hybridized carbons (Fsp3) is 0.0667. The normalized spacial score (nSPS) is 8.24. The van der Waals surface area contributed by atoms with Gasteiger partial charge in [0, 0.05) is 11.1 Å². The van der Waals surface area contributed by atoms with E-state index < -0.39 is 11.9 Å². The molecule has 2 aromatic carbocycles. The van der Waals surface area contributed by atoms with E-state index in [1.807, 2.05) is 18.2 Å². The van der Waals surface area contributed by atoms with Gasteiger partial charge in [-0.3, -0.25) is 0 Å². The summed E-state index contributed by atoms with van der Waals surface area (Å²) < 4.78 is 0. The number of hydrogen-bond donors (Lipinski definition) is 0. The number of carboxylic acids is 2. The quantitative estimate of drug-likeness (QED) is 0.518. The summed E-state index contributed by atoms with van der Waals surface area (Å²) in [6.07, 6.45) is 0. The third kappa shape index (κ3) is 8.41. The summed E-state index contributed by atoms with van der Waals surface area (Å²) in [6.45, 7) is 2.08. The third-order valence-corrected chi connectivity index (χ3v) is 2.31.